The molecule has 1 saturated heterocycles. The molecule has 5 nitrogen and oxygen atoms in total. The fourth-order valence-electron chi connectivity index (χ4n) is 2.69. The van der Waals surface area contributed by atoms with E-state index in [0.29, 0.717) is 12.2 Å². The number of thioether (sulfide) groups is 1. The van der Waals surface area contributed by atoms with Crippen molar-refractivity contribution in [2.24, 2.45) is 0 Å². The van der Waals surface area contributed by atoms with E-state index in [-0.39, 0.29) is 17.2 Å². The Morgan fingerprint density at radius 3 is 2.72 bits per heavy atom. The van der Waals surface area contributed by atoms with Crippen LogP contribution < -0.4 is 15.0 Å². The molecule has 0 spiro atoms. The van der Waals surface area contributed by atoms with Gasteiger partial charge < -0.3 is 10.1 Å². The maximum absolute atomic E-state index is 12.4. The number of carbonyl (C=O) groups excluding carboxylic acids is 2. The molecule has 1 aliphatic heterocycles. The lowest BCUT2D eigenvalue weighted by Gasteiger charge is -2.25. The van der Waals surface area contributed by atoms with Crippen LogP contribution in [0.5, 0.6) is 5.75 Å². The number of anilines is 2. The molecule has 0 saturated carbocycles. The van der Waals surface area contributed by atoms with Gasteiger partial charge in [0.25, 0.3) is 0 Å². The summed E-state index contributed by atoms with van der Waals surface area (Å²) in [5.74, 6) is 1.22. The van der Waals surface area contributed by atoms with Crippen molar-refractivity contribution in [3.05, 3.63) is 54.1 Å². The molecule has 1 heterocycles. The van der Waals surface area contributed by atoms with E-state index >= 15 is 0 Å². The zero-order chi connectivity index (χ0) is 17.8. The third kappa shape index (κ3) is 3.79. The third-order valence-electron chi connectivity index (χ3n) is 4.00. The molecule has 1 N–H and O–H groups in total. The summed E-state index contributed by atoms with van der Waals surface area (Å²) in [5, 5.41) is 2.75. The minimum Gasteiger partial charge on any atom is -0.497 e. The van der Waals surface area contributed by atoms with E-state index in [1.165, 1.54) is 0 Å². The van der Waals surface area contributed by atoms with Gasteiger partial charge in [0, 0.05) is 23.9 Å². The maximum atomic E-state index is 12.4. The summed E-state index contributed by atoms with van der Waals surface area (Å²) in [6, 6.07) is 15.2. The molecule has 0 bridgehead atoms. The second-order valence-corrected chi connectivity index (χ2v) is 6.72. The summed E-state index contributed by atoms with van der Waals surface area (Å²) < 4.78 is 5.27. The number of carbonyl (C=O) groups is 2. The van der Waals surface area contributed by atoms with E-state index in [2.05, 4.69) is 5.32 Å². The SMILES string of the molecule is CCC(=O)Nc1ccc([C@@H]2SCC(=O)N2c2cccc(OC)c2)cc1. The summed E-state index contributed by atoms with van der Waals surface area (Å²) in [5.41, 5.74) is 2.61. The van der Waals surface area contributed by atoms with E-state index < -0.39 is 0 Å². The summed E-state index contributed by atoms with van der Waals surface area (Å²) in [6.07, 6.45) is 0.443. The Balaban J connectivity index is 1.85. The molecular formula is C19H20N2O3S. The first-order chi connectivity index (χ1) is 12.1. The average molecular weight is 356 g/mol. The van der Waals surface area contributed by atoms with Crippen LogP contribution in [0.4, 0.5) is 11.4 Å². The topological polar surface area (TPSA) is 58.6 Å². The largest absolute Gasteiger partial charge is 0.497 e. The fourth-order valence-corrected chi connectivity index (χ4v) is 3.87. The average Bonchev–Trinajstić information content (AvgIpc) is 3.03. The van der Waals surface area contributed by atoms with Gasteiger partial charge in [-0.2, -0.15) is 0 Å². The van der Waals surface area contributed by atoms with Gasteiger partial charge in [0.15, 0.2) is 0 Å². The van der Waals surface area contributed by atoms with Crippen molar-refractivity contribution >= 4 is 35.0 Å². The number of amides is 2. The highest BCUT2D eigenvalue weighted by atomic mass is 32.2. The van der Waals surface area contributed by atoms with Gasteiger partial charge in [0.05, 0.1) is 12.9 Å². The number of rotatable bonds is 5. The number of nitrogens with one attached hydrogen (secondary N) is 1. The standard InChI is InChI=1S/C19H20N2O3S/c1-3-17(22)20-14-9-7-13(8-10-14)19-21(18(23)12-25-19)15-5-4-6-16(11-15)24-2/h4-11,19H,3,12H2,1-2H3,(H,20,22)/t19-/m0/s1. The van der Waals surface area contributed by atoms with Gasteiger partial charge in [-0.05, 0) is 29.8 Å². The highest BCUT2D eigenvalue weighted by Crippen LogP contribution is 2.42. The Labute approximate surface area is 151 Å². The smallest absolute Gasteiger partial charge is 0.238 e. The van der Waals surface area contributed by atoms with Gasteiger partial charge in [-0.15, -0.1) is 11.8 Å². The second-order valence-electron chi connectivity index (χ2n) is 5.65. The van der Waals surface area contributed by atoms with E-state index in [1.54, 1.807) is 23.8 Å². The molecule has 130 valence electrons. The summed E-state index contributed by atoms with van der Waals surface area (Å²) in [4.78, 5) is 25.7. The minimum absolute atomic E-state index is 0.0174. The number of benzene rings is 2. The zero-order valence-electron chi connectivity index (χ0n) is 14.2. The minimum atomic E-state index is -0.0875. The molecule has 1 fully saturated rings. The predicted octanol–water partition coefficient (Wildman–Crippen LogP) is 3.82. The first-order valence-corrected chi connectivity index (χ1v) is 9.14. The van der Waals surface area contributed by atoms with Crippen molar-refractivity contribution < 1.29 is 14.3 Å². The number of methoxy groups -OCH3 is 1. The van der Waals surface area contributed by atoms with Crippen LogP contribution in [0.25, 0.3) is 0 Å². The Bertz CT molecular complexity index is 776. The van der Waals surface area contributed by atoms with Crippen LogP contribution in [-0.2, 0) is 9.59 Å². The molecule has 25 heavy (non-hydrogen) atoms. The predicted molar refractivity (Wildman–Crippen MR) is 101 cm³/mol. The molecule has 0 unspecified atom stereocenters. The second kappa shape index (κ2) is 7.61. The normalized spacial score (nSPS) is 16.8. The van der Waals surface area contributed by atoms with Crippen LogP contribution in [-0.4, -0.2) is 24.7 Å². The van der Waals surface area contributed by atoms with Crippen LogP contribution in [0.2, 0.25) is 0 Å². The first kappa shape index (κ1) is 17.4. The van der Waals surface area contributed by atoms with Gasteiger partial charge in [0.2, 0.25) is 11.8 Å². The lowest BCUT2D eigenvalue weighted by atomic mass is 10.1. The van der Waals surface area contributed by atoms with E-state index in [1.807, 2.05) is 55.5 Å². The molecule has 2 aromatic rings. The van der Waals surface area contributed by atoms with Crippen LogP contribution in [0.3, 0.4) is 0 Å². The molecule has 0 radical (unpaired) electrons. The highest BCUT2D eigenvalue weighted by molar-refractivity contribution is 8.00. The van der Waals surface area contributed by atoms with E-state index in [9.17, 15) is 9.59 Å². The van der Waals surface area contributed by atoms with Crippen molar-refractivity contribution in [2.45, 2.75) is 18.7 Å². The molecule has 1 aliphatic rings. The van der Waals surface area contributed by atoms with Gasteiger partial charge in [-0.25, -0.2) is 0 Å². The molecule has 1 atom stereocenters. The molecule has 0 aliphatic carbocycles. The summed E-state index contributed by atoms with van der Waals surface area (Å²) in [6.45, 7) is 1.82. The molecule has 2 amide bonds. The van der Waals surface area contributed by atoms with E-state index in [4.69, 9.17) is 4.74 Å². The molecular weight excluding hydrogens is 336 g/mol. The van der Waals surface area contributed by atoms with Crippen molar-refractivity contribution in [1.82, 2.24) is 0 Å². The number of hydrogen-bond donors (Lipinski definition) is 1. The quantitative estimate of drug-likeness (QED) is 0.885. The summed E-state index contributed by atoms with van der Waals surface area (Å²) in [7, 11) is 1.61. The van der Waals surface area contributed by atoms with Gasteiger partial charge in [-0.3, -0.25) is 14.5 Å². The Kier molecular flexibility index (Phi) is 5.28. The van der Waals surface area contributed by atoms with Crippen LogP contribution >= 0.6 is 11.8 Å². The maximum Gasteiger partial charge on any atom is 0.238 e. The number of nitrogens with zero attached hydrogens (tertiary/aromatic N) is 1. The van der Waals surface area contributed by atoms with Crippen LogP contribution in [0, 0.1) is 0 Å². The fraction of sp³-hybridized carbons (Fsp3) is 0.263. The number of ether oxygens (including phenoxy) is 1. The van der Waals surface area contributed by atoms with Crippen LogP contribution in [0.15, 0.2) is 48.5 Å². The Morgan fingerprint density at radius 1 is 1.28 bits per heavy atom. The van der Waals surface area contributed by atoms with Crippen molar-refractivity contribution in [2.75, 3.05) is 23.1 Å². The van der Waals surface area contributed by atoms with Crippen molar-refractivity contribution in [1.29, 1.82) is 0 Å². The molecule has 6 heteroatoms. The Morgan fingerprint density at radius 2 is 2.04 bits per heavy atom. The lowest BCUT2D eigenvalue weighted by Crippen LogP contribution is -2.27. The zero-order valence-corrected chi connectivity index (χ0v) is 15.0. The van der Waals surface area contributed by atoms with Crippen molar-refractivity contribution in [3.8, 4) is 5.75 Å². The highest BCUT2D eigenvalue weighted by Gasteiger charge is 2.34. The molecule has 0 aromatic heterocycles. The van der Waals surface area contributed by atoms with Gasteiger partial charge in [-0.1, -0.05) is 25.1 Å². The van der Waals surface area contributed by atoms with Crippen LogP contribution in [0.1, 0.15) is 24.3 Å². The van der Waals surface area contributed by atoms with E-state index in [0.717, 1.165) is 22.7 Å². The first-order valence-electron chi connectivity index (χ1n) is 8.10. The van der Waals surface area contributed by atoms with Gasteiger partial charge >= 0.3 is 0 Å². The molecule has 3 rings (SSSR count). The lowest BCUT2D eigenvalue weighted by molar-refractivity contribution is -0.116. The monoisotopic (exact) mass is 356 g/mol. The Hall–Kier alpha value is -2.47. The van der Waals surface area contributed by atoms with Crippen molar-refractivity contribution in [3.63, 3.8) is 0 Å². The third-order valence-corrected chi connectivity index (χ3v) is 5.21. The molecule has 2 aromatic carbocycles. The number of hydrogen-bond acceptors (Lipinski definition) is 4. The summed E-state index contributed by atoms with van der Waals surface area (Å²) >= 11 is 1.59. The van der Waals surface area contributed by atoms with Gasteiger partial charge in [0.1, 0.15) is 11.1 Å².